The van der Waals surface area contributed by atoms with Gasteiger partial charge in [0.05, 0.1) is 6.20 Å². The van der Waals surface area contributed by atoms with Gasteiger partial charge >= 0.3 is 0 Å². The predicted molar refractivity (Wildman–Crippen MR) is 70.8 cm³/mol. The van der Waals surface area contributed by atoms with Crippen LogP contribution in [0.3, 0.4) is 0 Å². The molecule has 0 aliphatic heterocycles. The standard InChI is InChI=1S/C13H21FN4/c1-13(2)6-4-9(5-7-13)18(3)11-10(14)8-16-12(15)17-11/h8-9H,4-7H2,1-3H3,(H2,15,16,17). The second-order valence-electron chi connectivity index (χ2n) is 5.91. The SMILES string of the molecule is CN(c1nc(N)ncc1F)C1CCC(C)(C)CC1. The summed E-state index contributed by atoms with van der Waals surface area (Å²) in [5.74, 6) is 0.0260. The molecule has 5 heteroatoms. The molecule has 0 saturated heterocycles. The number of nitrogen functional groups attached to an aromatic ring is 1. The van der Waals surface area contributed by atoms with Crippen molar-refractivity contribution in [2.45, 2.75) is 45.6 Å². The van der Waals surface area contributed by atoms with E-state index in [4.69, 9.17) is 5.73 Å². The van der Waals surface area contributed by atoms with E-state index in [9.17, 15) is 4.39 Å². The monoisotopic (exact) mass is 252 g/mol. The first kappa shape index (κ1) is 13.1. The van der Waals surface area contributed by atoms with Crippen molar-refractivity contribution in [3.8, 4) is 0 Å². The van der Waals surface area contributed by atoms with Gasteiger partial charge in [-0.25, -0.2) is 9.37 Å². The minimum Gasteiger partial charge on any atom is -0.368 e. The van der Waals surface area contributed by atoms with E-state index in [1.807, 2.05) is 11.9 Å². The second-order valence-corrected chi connectivity index (χ2v) is 5.91. The van der Waals surface area contributed by atoms with E-state index < -0.39 is 5.82 Å². The van der Waals surface area contributed by atoms with Crippen molar-refractivity contribution in [1.29, 1.82) is 0 Å². The minimum absolute atomic E-state index is 0.120. The summed E-state index contributed by atoms with van der Waals surface area (Å²) in [4.78, 5) is 9.56. The van der Waals surface area contributed by atoms with Gasteiger partial charge in [-0.15, -0.1) is 0 Å². The van der Waals surface area contributed by atoms with E-state index in [1.54, 1.807) is 0 Å². The summed E-state index contributed by atoms with van der Waals surface area (Å²) in [6, 6.07) is 0.335. The fraction of sp³-hybridized carbons (Fsp3) is 0.692. The van der Waals surface area contributed by atoms with E-state index in [0.29, 0.717) is 17.3 Å². The van der Waals surface area contributed by atoms with Gasteiger partial charge in [-0.3, -0.25) is 0 Å². The Morgan fingerprint density at radius 3 is 2.61 bits per heavy atom. The fourth-order valence-corrected chi connectivity index (χ4v) is 2.56. The third kappa shape index (κ3) is 2.71. The number of rotatable bonds is 2. The fourth-order valence-electron chi connectivity index (χ4n) is 2.56. The lowest BCUT2D eigenvalue weighted by atomic mass is 9.75. The molecule has 1 saturated carbocycles. The van der Waals surface area contributed by atoms with Crippen LogP contribution in [0, 0.1) is 11.2 Å². The van der Waals surface area contributed by atoms with E-state index >= 15 is 0 Å². The van der Waals surface area contributed by atoms with Crippen molar-refractivity contribution in [2.24, 2.45) is 5.41 Å². The molecule has 2 N–H and O–H groups in total. The van der Waals surface area contributed by atoms with Gasteiger partial charge in [0.15, 0.2) is 11.6 Å². The van der Waals surface area contributed by atoms with Crippen LogP contribution >= 0.6 is 0 Å². The zero-order valence-corrected chi connectivity index (χ0v) is 11.3. The Morgan fingerprint density at radius 2 is 2.00 bits per heavy atom. The van der Waals surface area contributed by atoms with Crippen LogP contribution in [0.15, 0.2) is 6.20 Å². The van der Waals surface area contributed by atoms with Crippen LogP contribution < -0.4 is 10.6 Å². The molecule has 2 rings (SSSR count). The highest BCUT2D eigenvalue weighted by Gasteiger charge is 2.30. The van der Waals surface area contributed by atoms with E-state index in [2.05, 4.69) is 23.8 Å². The van der Waals surface area contributed by atoms with E-state index in [-0.39, 0.29) is 5.95 Å². The Hall–Kier alpha value is -1.39. The van der Waals surface area contributed by atoms with Gasteiger partial charge in [0, 0.05) is 13.1 Å². The van der Waals surface area contributed by atoms with Gasteiger partial charge in [-0.2, -0.15) is 4.98 Å². The van der Waals surface area contributed by atoms with Crippen molar-refractivity contribution in [2.75, 3.05) is 17.7 Å². The summed E-state index contributed by atoms with van der Waals surface area (Å²) in [5, 5.41) is 0. The summed E-state index contributed by atoms with van der Waals surface area (Å²) in [7, 11) is 1.88. The molecule has 0 aromatic carbocycles. The third-order valence-electron chi connectivity index (χ3n) is 3.93. The van der Waals surface area contributed by atoms with Crippen LogP contribution in [0.5, 0.6) is 0 Å². The van der Waals surface area contributed by atoms with Crippen LogP contribution in [-0.2, 0) is 0 Å². The highest BCUT2D eigenvalue weighted by Crippen LogP contribution is 2.37. The molecule has 1 aliphatic carbocycles. The number of aromatic nitrogens is 2. The summed E-state index contributed by atoms with van der Waals surface area (Å²) >= 11 is 0. The molecule has 1 aromatic heterocycles. The number of halogens is 1. The predicted octanol–water partition coefficient (Wildman–Crippen LogP) is 2.60. The average Bonchev–Trinajstić information content (AvgIpc) is 2.31. The van der Waals surface area contributed by atoms with Crippen molar-refractivity contribution >= 4 is 11.8 Å². The third-order valence-corrected chi connectivity index (χ3v) is 3.93. The molecule has 1 aliphatic rings. The van der Waals surface area contributed by atoms with Crippen molar-refractivity contribution in [1.82, 2.24) is 9.97 Å². The Bertz CT molecular complexity index is 423. The van der Waals surface area contributed by atoms with Crippen LogP contribution in [0.4, 0.5) is 16.2 Å². The molecule has 0 atom stereocenters. The number of nitrogens with two attached hydrogens (primary N) is 1. The largest absolute Gasteiger partial charge is 0.368 e. The molecule has 1 heterocycles. The van der Waals surface area contributed by atoms with Gasteiger partial charge < -0.3 is 10.6 Å². The zero-order valence-electron chi connectivity index (χ0n) is 11.3. The highest BCUT2D eigenvalue weighted by atomic mass is 19.1. The number of anilines is 2. The minimum atomic E-state index is -0.406. The maximum Gasteiger partial charge on any atom is 0.222 e. The van der Waals surface area contributed by atoms with Crippen LogP contribution in [0.25, 0.3) is 0 Å². The maximum atomic E-state index is 13.7. The van der Waals surface area contributed by atoms with Crippen LogP contribution in [-0.4, -0.2) is 23.1 Å². The molecule has 100 valence electrons. The average molecular weight is 252 g/mol. The van der Waals surface area contributed by atoms with Crippen molar-refractivity contribution in [3.63, 3.8) is 0 Å². The lowest BCUT2D eigenvalue weighted by Gasteiger charge is -2.39. The Labute approximate surface area is 107 Å². The topological polar surface area (TPSA) is 55.0 Å². The number of nitrogens with zero attached hydrogens (tertiary/aromatic N) is 3. The normalized spacial score (nSPS) is 19.8. The molecular formula is C13H21FN4. The summed E-state index contributed by atoms with van der Waals surface area (Å²) < 4.78 is 13.7. The molecule has 1 aromatic rings. The van der Waals surface area contributed by atoms with Crippen LogP contribution in [0.2, 0.25) is 0 Å². The molecule has 1 fully saturated rings. The number of hydrogen-bond acceptors (Lipinski definition) is 4. The van der Waals surface area contributed by atoms with Gasteiger partial charge in [-0.1, -0.05) is 13.8 Å². The van der Waals surface area contributed by atoms with Crippen LogP contribution in [0.1, 0.15) is 39.5 Å². The lowest BCUT2D eigenvalue weighted by Crippen LogP contribution is -2.38. The smallest absolute Gasteiger partial charge is 0.222 e. The van der Waals surface area contributed by atoms with Gasteiger partial charge in [0.2, 0.25) is 5.95 Å². The second kappa shape index (κ2) is 4.71. The summed E-state index contributed by atoms with van der Waals surface area (Å²) in [6.07, 6.45) is 5.58. The maximum absolute atomic E-state index is 13.7. The molecule has 0 radical (unpaired) electrons. The molecule has 0 spiro atoms. The number of hydrogen-bond donors (Lipinski definition) is 1. The van der Waals surface area contributed by atoms with E-state index in [1.165, 1.54) is 0 Å². The Balaban J connectivity index is 2.12. The highest BCUT2D eigenvalue weighted by molar-refractivity contribution is 5.42. The molecule has 18 heavy (non-hydrogen) atoms. The zero-order chi connectivity index (χ0) is 13.3. The molecule has 0 amide bonds. The van der Waals surface area contributed by atoms with Gasteiger partial charge in [-0.05, 0) is 31.1 Å². The van der Waals surface area contributed by atoms with Crippen molar-refractivity contribution < 1.29 is 4.39 Å². The molecule has 4 nitrogen and oxygen atoms in total. The Morgan fingerprint density at radius 1 is 1.39 bits per heavy atom. The van der Waals surface area contributed by atoms with Crippen molar-refractivity contribution in [3.05, 3.63) is 12.0 Å². The quantitative estimate of drug-likeness (QED) is 0.879. The first-order valence-electron chi connectivity index (χ1n) is 6.40. The molecule has 0 bridgehead atoms. The van der Waals surface area contributed by atoms with Gasteiger partial charge in [0.1, 0.15) is 0 Å². The first-order valence-corrected chi connectivity index (χ1v) is 6.40. The molecule has 0 unspecified atom stereocenters. The molecular weight excluding hydrogens is 231 g/mol. The van der Waals surface area contributed by atoms with E-state index in [0.717, 1.165) is 31.9 Å². The lowest BCUT2D eigenvalue weighted by molar-refractivity contribution is 0.222. The Kier molecular flexibility index (Phi) is 3.41. The summed E-state index contributed by atoms with van der Waals surface area (Å²) in [5.41, 5.74) is 5.93. The first-order chi connectivity index (χ1) is 8.39. The summed E-state index contributed by atoms with van der Waals surface area (Å²) in [6.45, 7) is 4.57. The van der Waals surface area contributed by atoms with Gasteiger partial charge in [0.25, 0.3) is 0 Å².